The maximum Gasteiger partial charge on any atom is 0.151 e. The Labute approximate surface area is 234 Å². The molecule has 196 valence electrons. The van der Waals surface area contributed by atoms with Gasteiger partial charge < -0.3 is 9.13 Å². The largest absolute Gasteiger partial charge is 0.336 e. The zero-order valence-electron chi connectivity index (χ0n) is 22.1. The fourth-order valence-corrected chi connectivity index (χ4v) is 5.25. The van der Waals surface area contributed by atoms with Gasteiger partial charge in [0.25, 0.3) is 0 Å². The molecular weight excluding hydrogens is 492 g/mol. The molecule has 0 saturated carbocycles. The van der Waals surface area contributed by atoms with Crippen molar-refractivity contribution in [3.63, 3.8) is 0 Å². The number of benzene rings is 4. The van der Waals surface area contributed by atoms with E-state index in [1.54, 1.807) is 25.0 Å². The van der Waals surface area contributed by atoms with Crippen LogP contribution in [0.4, 0.5) is 0 Å². The second-order valence-corrected chi connectivity index (χ2v) is 10.0. The Balaban J connectivity index is 1.35. The van der Waals surface area contributed by atoms with Gasteiger partial charge >= 0.3 is 0 Å². The molecule has 0 aliphatic rings. The fourth-order valence-electron chi connectivity index (χ4n) is 5.25. The highest BCUT2D eigenvalue weighted by molar-refractivity contribution is 5.92. The molecule has 0 aliphatic heterocycles. The number of hydrogen-bond donors (Lipinski definition) is 0. The minimum atomic E-state index is -0.346. The molecule has 0 spiro atoms. The van der Waals surface area contributed by atoms with Crippen molar-refractivity contribution in [3.05, 3.63) is 158 Å². The first-order chi connectivity index (χ1) is 19.7. The zero-order valence-corrected chi connectivity index (χ0v) is 22.1. The van der Waals surface area contributed by atoms with E-state index in [-0.39, 0.29) is 17.6 Å². The highest BCUT2D eigenvalue weighted by Crippen LogP contribution is 2.32. The second kappa shape index (κ2) is 11.8. The van der Waals surface area contributed by atoms with E-state index in [1.807, 2.05) is 57.9 Å². The molecule has 0 fully saturated rings. The van der Waals surface area contributed by atoms with E-state index in [2.05, 4.69) is 82.8 Å². The monoisotopic (exact) mass is 522 g/mol. The Kier molecular flexibility index (Phi) is 7.44. The van der Waals surface area contributed by atoms with Crippen molar-refractivity contribution in [1.82, 2.24) is 19.1 Å². The first-order valence-corrected chi connectivity index (χ1v) is 13.5. The predicted octanol–water partition coefficient (Wildman–Crippen LogP) is 7.25. The van der Waals surface area contributed by atoms with E-state index in [9.17, 15) is 4.79 Å². The molecule has 0 aliphatic carbocycles. The summed E-state index contributed by atoms with van der Waals surface area (Å²) in [4.78, 5) is 23.0. The minimum Gasteiger partial charge on any atom is -0.336 e. The molecule has 0 bridgehead atoms. The molecule has 2 unspecified atom stereocenters. The summed E-state index contributed by atoms with van der Waals surface area (Å²) < 4.78 is 3.97. The Hall–Kier alpha value is -5.03. The summed E-state index contributed by atoms with van der Waals surface area (Å²) in [7, 11) is 0. The van der Waals surface area contributed by atoms with E-state index >= 15 is 0 Å². The van der Waals surface area contributed by atoms with Crippen LogP contribution >= 0.6 is 0 Å². The number of hydrogen-bond acceptors (Lipinski definition) is 3. The van der Waals surface area contributed by atoms with Gasteiger partial charge in [-0.1, -0.05) is 109 Å². The molecule has 2 atom stereocenters. The lowest BCUT2D eigenvalue weighted by molar-refractivity contribution is -0.122. The van der Waals surface area contributed by atoms with Gasteiger partial charge in [-0.15, -0.1) is 0 Å². The molecule has 0 amide bonds. The maximum absolute atomic E-state index is 14.5. The van der Waals surface area contributed by atoms with Crippen molar-refractivity contribution in [1.29, 1.82) is 0 Å². The number of Topliss-reactive ketones (excluding diaryl/α,β-unsaturated/α-hetero) is 1. The number of carbonyl (C=O) groups excluding carboxylic acids is 1. The molecule has 2 aromatic heterocycles. The van der Waals surface area contributed by atoms with Crippen LogP contribution in [0.25, 0.3) is 22.3 Å². The van der Waals surface area contributed by atoms with Crippen molar-refractivity contribution in [3.8, 4) is 22.3 Å². The molecule has 5 nitrogen and oxygen atoms in total. The van der Waals surface area contributed by atoms with Gasteiger partial charge in [0.1, 0.15) is 0 Å². The molecule has 6 rings (SSSR count). The maximum atomic E-state index is 14.5. The van der Waals surface area contributed by atoms with Crippen molar-refractivity contribution in [2.75, 3.05) is 0 Å². The fraction of sp³-hybridized carbons (Fsp3) is 0.114. The molecule has 0 N–H and O–H groups in total. The first kappa shape index (κ1) is 25.3. The lowest BCUT2D eigenvalue weighted by Gasteiger charge is -2.24. The van der Waals surface area contributed by atoms with Gasteiger partial charge in [0.2, 0.25) is 0 Å². The summed E-state index contributed by atoms with van der Waals surface area (Å²) in [5.74, 6) is -0.523. The van der Waals surface area contributed by atoms with Gasteiger partial charge in [-0.05, 0) is 33.4 Å². The summed E-state index contributed by atoms with van der Waals surface area (Å²) in [5, 5.41) is 0. The third-order valence-electron chi connectivity index (χ3n) is 7.43. The van der Waals surface area contributed by atoms with Crippen molar-refractivity contribution < 1.29 is 4.79 Å². The Morgan fingerprint density at radius 1 is 0.525 bits per heavy atom. The summed E-state index contributed by atoms with van der Waals surface area (Å²) >= 11 is 0. The zero-order chi connectivity index (χ0) is 27.1. The smallest absolute Gasteiger partial charge is 0.151 e. The van der Waals surface area contributed by atoms with Crippen LogP contribution in [-0.2, 0) is 17.9 Å². The van der Waals surface area contributed by atoms with Gasteiger partial charge in [-0.2, -0.15) is 0 Å². The summed E-state index contributed by atoms with van der Waals surface area (Å²) in [6.45, 7) is 1.04. The third-order valence-corrected chi connectivity index (χ3v) is 7.43. The predicted molar refractivity (Wildman–Crippen MR) is 159 cm³/mol. The minimum absolute atomic E-state index is 0.169. The van der Waals surface area contributed by atoms with Crippen LogP contribution < -0.4 is 0 Å². The highest BCUT2D eigenvalue weighted by atomic mass is 16.1. The number of ketones is 1. The quantitative estimate of drug-likeness (QED) is 0.190. The molecular formula is C35H30N4O. The molecule has 0 saturated heterocycles. The molecule has 5 heteroatoms. The first-order valence-electron chi connectivity index (χ1n) is 13.5. The van der Waals surface area contributed by atoms with Crippen molar-refractivity contribution in [2.24, 2.45) is 0 Å². The molecule has 2 heterocycles. The molecule has 0 radical (unpaired) electrons. The van der Waals surface area contributed by atoms with Crippen molar-refractivity contribution in [2.45, 2.75) is 24.9 Å². The lowest BCUT2D eigenvalue weighted by atomic mass is 9.82. The van der Waals surface area contributed by atoms with Gasteiger partial charge in [0.15, 0.2) is 5.78 Å². The van der Waals surface area contributed by atoms with Crippen LogP contribution in [-0.4, -0.2) is 24.9 Å². The SMILES string of the molecule is O=C(C(Cn1ccnc1)c1ccc(-c2ccccc2)cc1)C(Cn1ccnc1)c1ccc(-c2ccccc2)cc1. The summed E-state index contributed by atoms with van der Waals surface area (Å²) in [5.41, 5.74) is 6.56. The molecule has 40 heavy (non-hydrogen) atoms. The number of imidazole rings is 2. The van der Waals surface area contributed by atoms with Crippen LogP contribution in [0.3, 0.4) is 0 Å². The normalized spacial score (nSPS) is 12.6. The average Bonchev–Trinajstić information content (AvgIpc) is 3.74. The van der Waals surface area contributed by atoms with Gasteiger partial charge in [-0.25, -0.2) is 9.97 Å². The third kappa shape index (κ3) is 5.69. The molecule has 6 aromatic rings. The van der Waals surface area contributed by atoms with E-state index in [4.69, 9.17) is 0 Å². The van der Waals surface area contributed by atoms with Crippen LogP contribution in [0.1, 0.15) is 23.0 Å². The van der Waals surface area contributed by atoms with Gasteiger partial charge in [0.05, 0.1) is 24.5 Å². The number of aromatic nitrogens is 4. The van der Waals surface area contributed by atoms with Gasteiger partial charge in [0, 0.05) is 37.9 Å². The second-order valence-electron chi connectivity index (χ2n) is 10.0. The van der Waals surface area contributed by atoms with Crippen LogP contribution in [0.2, 0.25) is 0 Å². The summed E-state index contributed by atoms with van der Waals surface area (Å²) in [6.07, 6.45) is 10.9. The van der Waals surface area contributed by atoms with Crippen LogP contribution in [0, 0.1) is 0 Å². The van der Waals surface area contributed by atoms with E-state index < -0.39 is 0 Å². The van der Waals surface area contributed by atoms with Gasteiger partial charge in [-0.3, -0.25) is 4.79 Å². The topological polar surface area (TPSA) is 52.7 Å². The van der Waals surface area contributed by atoms with Crippen LogP contribution in [0.15, 0.2) is 147 Å². The van der Waals surface area contributed by atoms with Crippen molar-refractivity contribution >= 4 is 5.78 Å². The average molecular weight is 523 g/mol. The highest BCUT2D eigenvalue weighted by Gasteiger charge is 2.30. The van der Waals surface area contributed by atoms with E-state index in [0.29, 0.717) is 13.1 Å². The Bertz CT molecular complexity index is 1500. The summed E-state index contributed by atoms with van der Waals surface area (Å²) in [6, 6.07) is 37.4. The Morgan fingerprint density at radius 2 is 0.900 bits per heavy atom. The Morgan fingerprint density at radius 3 is 1.25 bits per heavy atom. The van der Waals surface area contributed by atoms with E-state index in [0.717, 1.165) is 33.4 Å². The standard InChI is InChI=1S/C35H30N4O/c40-35(33(23-38-21-19-36-25-38)31-15-11-29(12-16-31)27-7-3-1-4-8-27)34(24-39-22-20-37-26-39)32-17-13-30(14-18-32)28-9-5-2-6-10-28/h1-22,25-26,33-34H,23-24H2. The van der Waals surface area contributed by atoms with Crippen LogP contribution in [0.5, 0.6) is 0 Å². The lowest BCUT2D eigenvalue weighted by Crippen LogP contribution is -2.27. The molecule has 4 aromatic carbocycles. The number of nitrogens with zero attached hydrogens (tertiary/aromatic N) is 4. The number of carbonyl (C=O) groups is 1. The number of rotatable bonds is 10. The van der Waals surface area contributed by atoms with E-state index in [1.165, 1.54) is 0 Å².